The lowest BCUT2D eigenvalue weighted by molar-refractivity contribution is -0.140. The zero-order valence-corrected chi connectivity index (χ0v) is 10.6. The molecule has 92 valence electrons. The SMILES string of the molecule is CC#CCCC(O)C1(OCC)CCCCC1. The molecule has 1 atom stereocenters. The van der Waals surface area contributed by atoms with Gasteiger partial charge >= 0.3 is 0 Å². The Morgan fingerprint density at radius 1 is 1.31 bits per heavy atom. The normalized spacial score (nSPS) is 20.9. The summed E-state index contributed by atoms with van der Waals surface area (Å²) in [5.74, 6) is 5.88. The van der Waals surface area contributed by atoms with Gasteiger partial charge in [-0.1, -0.05) is 19.3 Å². The molecule has 0 saturated heterocycles. The lowest BCUT2D eigenvalue weighted by Gasteiger charge is -2.40. The predicted octanol–water partition coefficient (Wildman–Crippen LogP) is 2.89. The maximum absolute atomic E-state index is 10.3. The monoisotopic (exact) mass is 224 g/mol. The van der Waals surface area contributed by atoms with Crippen LogP contribution in [0.3, 0.4) is 0 Å². The summed E-state index contributed by atoms with van der Waals surface area (Å²) in [5.41, 5.74) is -0.275. The van der Waals surface area contributed by atoms with E-state index in [2.05, 4.69) is 11.8 Å². The van der Waals surface area contributed by atoms with E-state index in [0.717, 1.165) is 25.7 Å². The second kappa shape index (κ2) is 6.93. The van der Waals surface area contributed by atoms with E-state index in [4.69, 9.17) is 4.74 Å². The summed E-state index contributed by atoms with van der Waals surface area (Å²) in [5, 5.41) is 10.3. The zero-order valence-electron chi connectivity index (χ0n) is 10.6. The molecule has 1 rings (SSSR count). The van der Waals surface area contributed by atoms with Crippen LogP contribution in [0.25, 0.3) is 0 Å². The van der Waals surface area contributed by atoms with Crippen molar-refractivity contribution < 1.29 is 9.84 Å². The fraction of sp³-hybridized carbons (Fsp3) is 0.857. The molecule has 1 saturated carbocycles. The van der Waals surface area contributed by atoms with Crippen LogP contribution in [0.15, 0.2) is 0 Å². The van der Waals surface area contributed by atoms with Crippen molar-refractivity contribution in [1.82, 2.24) is 0 Å². The maximum atomic E-state index is 10.3. The van der Waals surface area contributed by atoms with Gasteiger partial charge < -0.3 is 9.84 Å². The van der Waals surface area contributed by atoms with E-state index in [1.165, 1.54) is 19.3 Å². The molecular formula is C14H24O2. The Bertz CT molecular complexity index is 238. The maximum Gasteiger partial charge on any atom is 0.0940 e. The van der Waals surface area contributed by atoms with E-state index in [0.29, 0.717) is 6.61 Å². The second-order valence-electron chi connectivity index (χ2n) is 4.54. The van der Waals surface area contributed by atoms with Crippen molar-refractivity contribution in [2.45, 2.75) is 70.5 Å². The molecule has 0 spiro atoms. The van der Waals surface area contributed by atoms with E-state index in [9.17, 15) is 5.11 Å². The summed E-state index contributed by atoms with van der Waals surface area (Å²) in [6, 6.07) is 0. The van der Waals surface area contributed by atoms with Gasteiger partial charge in [-0.15, -0.1) is 11.8 Å². The van der Waals surface area contributed by atoms with Crippen LogP contribution in [-0.4, -0.2) is 23.4 Å². The third-order valence-electron chi connectivity index (χ3n) is 3.46. The standard InChI is InChI=1S/C14H24O2/c1-3-5-7-10-13(15)14(16-4-2)11-8-6-9-12-14/h13,15H,4,6-12H2,1-2H3. The number of rotatable bonds is 5. The third-order valence-corrected chi connectivity index (χ3v) is 3.46. The lowest BCUT2D eigenvalue weighted by Crippen LogP contribution is -2.46. The molecule has 0 radical (unpaired) electrons. The molecule has 0 bridgehead atoms. The molecule has 1 fully saturated rings. The van der Waals surface area contributed by atoms with Gasteiger partial charge in [-0.25, -0.2) is 0 Å². The van der Waals surface area contributed by atoms with Crippen LogP contribution >= 0.6 is 0 Å². The molecule has 2 heteroatoms. The summed E-state index contributed by atoms with van der Waals surface area (Å²) in [6.07, 6.45) is 6.79. The van der Waals surface area contributed by atoms with Gasteiger partial charge in [-0.2, -0.15) is 0 Å². The topological polar surface area (TPSA) is 29.5 Å². The largest absolute Gasteiger partial charge is 0.390 e. The average Bonchev–Trinajstić information content (AvgIpc) is 2.31. The van der Waals surface area contributed by atoms with E-state index in [-0.39, 0.29) is 11.7 Å². The molecule has 1 N–H and O–H groups in total. The highest BCUT2D eigenvalue weighted by Gasteiger charge is 2.39. The predicted molar refractivity (Wildman–Crippen MR) is 66.1 cm³/mol. The first-order valence-corrected chi connectivity index (χ1v) is 6.47. The Balaban J connectivity index is 2.55. The van der Waals surface area contributed by atoms with Crippen LogP contribution in [0.1, 0.15) is 58.8 Å². The number of ether oxygens (including phenoxy) is 1. The van der Waals surface area contributed by atoms with Crippen molar-refractivity contribution in [3.05, 3.63) is 0 Å². The molecular weight excluding hydrogens is 200 g/mol. The number of hydrogen-bond acceptors (Lipinski definition) is 2. The van der Waals surface area contributed by atoms with Crippen molar-refractivity contribution in [2.24, 2.45) is 0 Å². The molecule has 16 heavy (non-hydrogen) atoms. The van der Waals surface area contributed by atoms with E-state index < -0.39 is 0 Å². The summed E-state index contributed by atoms with van der Waals surface area (Å²) in [4.78, 5) is 0. The Labute approximate surface area is 99.4 Å². The highest BCUT2D eigenvalue weighted by Crippen LogP contribution is 2.36. The van der Waals surface area contributed by atoms with E-state index in [1.807, 2.05) is 13.8 Å². The van der Waals surface area contributed by atoms with Crippen LogP contribution in [0.2, 0.25) is 0 Å². The minimum atomic E-state index is -0.353. The first kappa shape index (κ1) is 13.5. The zero-order chi connectivity index (χ0) is 11.9. The van der Waals surface area contributed by atoms with E-state index in [1.54, 1.807) is 0 Å². The summed E-state index contributed by atoms with van der Waals surface area (Å²) < 4.78 is 5.86. The smallest absolute Gasteiger partial charge is 0.0940 e. The Kier molecular flexibility index (Phi) is 5.87. The molecule has 0 heterocycles. The van der Waals surface area contributed by atoms with Gasteiger partial charge in [-0.05, 0) is 33.1 Å². The van der Waals surface area contributed by atoms with Gasteiger partial charge in [0.25, 0.3) is 0 Å². The molecule has 1 unspecified atom stereocenters. The van der Waals surface area contributed by atoms with Crippen molar-refractivity contribution in [1.29, 1.82) is 0 Å². The average molecular weight is 224 g/mol. The van der Waals surface area contributed by atoms with Crippen LogP contribution in [0.4, 0.5) is 0 Å². The molecule has 0 aromatic rings. The Morgan fingerprint density at radius 2 is 2.00 bits per heavy atom. The quantitative estimate of drug-likeness (QED) is 0.728. The van der Waals surface area contributed by atoms with Crippen molar-refractivity contribution >= 4 is 0 Å². The van der Waals surface area contributed by atoms with Crippen molar-refractivity contribution in [3.8, 4) is 11.8 Å². The number of aliphatic hydroxyl groups excluding tert-OH is 1. The highest BCUT2D eigenvalue weighted by molar-refractivity contribution is 4.98. The fourth-order valence-electron chi connectivity index (χ4n) is 2.61. The van der Waals surface area contributed by atoms with Gasteiger partial charge in [0.05, 0.1) is 11.7 Å². The van der Waals surface area contributed by atoms with Gasteiger partial charge in [-0.3, -0.25) is 0 Å². The first-order valence-electron chi connectivity index (χ1n) is 6.47. The minimum absolute atomic E-state index is 0.275. The Hall–Kier alpha value is -0.520. The highest BCUT2D eigenvalue weighted by atomic mass is 16.5. The molecule has 0 amide bonds. The van der Waals surface area contributed by atoms with Gasteiger partial charge in [0.1, 0.15) is 0 Å². The summed E-state index contributed by atoms with van der Waals surface area (Å²) in [7, 11) is 0. The Morgan fingerprint density at radius 3 is 2.56 bits per heavy atom. The lowest BCUT2D eigenvalue weighted by atomic mass is 9.79. The van der Waals surface area contributed by atoms with Crippen molar-refractivity contribution in [2.75, 3.05) is 6.61 Å². The van der Waals surface area contributed by atoms with Crippen LogP contribution in [-0.2, 0) is 4.74 Å². The fourth-order valence-corrected chi connectivity index (χ4v) is 2.61. The number of hydrogen-bond donors (Lipinski definition) is 1. The van der Waals surface area contributed by atoms with Gasteiger partial charge in [0, 0.05) is 13.0 Å². The van der Waals surface area contributed by atoms with Crippen LogP contribution in [0, 0.1) is 11.8 Å². The minimum Gasteiger partial charge on any atom is -0.390 e. The first-order chi connectivity index (χ1) is 7.75. The van der Waals surface area contributed by atoms with Crippen LogP contribution < -0.4 is 0 Å². The molecule has 1 aliphatic rings. The molecule has 0 aromatic carbocycles. The summed E-state index contributed by atoms with van der Waals surface area (Å²) in [6.45, 7) is 4.54. The molecule has 1 aliphatic carbocycles. The third kappa shape index (κ3) is 3.50. The molecule has 0 aromatic heterocycles. The van der Waals surface area contributed by atoms with E-state index >= 15 is 0 Å². The number of aliphatic hydroxyl groups is 1. The van der Waals surface area contributed by atoms with Crippen LogP contribution in [0.5, 0.6) is 0 Å². The van der Waals surface area contributed by atoms with Crippen molar-refractivity contribution in [3.63, 3.8) is 0 Å². The van der Waals surface area contributed by atoms with Gasteiger partial charge in [0.15, 0.2) is 0 Å². The van der Waals surface area contributed by atoms with Gasteiger partial charge in [0.2, 0.25) is 0 Å². The molecule has 0 aliphatic heterocycles. The molecule has 2 nitrogen and oxygen atoms in total. The summed E-state index contributed by atoms with van der Waals surface area (Å²) >= 11 is 0. The second-order valence-corrected chi connectivity index (χ2v) is 4.54.